The van der Waals surface area contributed by atoms with Gasteiger partial charge in [0.15, 0.2) is 0 Å². The molecule has 0 saturated carbocycles. The first-order valence-corrected chi connectivity index (χ1v) is 12.4. The van der Waals surface area contributed by atoms with Crippen LogP contribution in [-0.4, -0.2) is 28.3 Å². The predicted octanol–water partition coefficient (Wildman–Crippen LogP) is 5.93. The van der Waals surface area contributed by atoms with Crippen LogP contribution in [0.15, 0.2) is 41.6 Å². The first-order valence-electron chi connectivity index (χ1n) is 10.7. The molecule has 3 heterocycles. The minimum absolute atomic E-state index is 0.0497. The number of thioether (sulfide) groups is 1. The topological polar surface area (TPSA) is 70.2 Å². The number of aryl methyl sites for hydroxylation is 1. The molecular formula is C24H23Cl2N5OS. The predicted molar refractivity (Wildman–Crippen MR) is 135 cm³/mol. The number of aromatic nitrogens is 2. The maximum absolute atomic E-state index is 13.1. The zero-order chi connectivity index (χ0) is 23.3. The van der Waals surface area contributed by atoms with Gasteiger partial charge in [0.25, 0.3) is 5.91 Å². The fourth-order valence-electron chi connectivity index (χ4n) is 4.68. The van der Waals surface area contributed by atoms with E-state index in [0.29, 0.717) is 38.1 Å². The van der Waals surface area contributed by atoms with Gasteiger partial charge < -0.3 is 10.6 Å². The van der Waals surface area contributed by atoms with Gasteiger partial charge in [-0.25, -0.2) is 9.97 Å². The third-order valence-electron chi connectivity index (χ3n) is 6.03. The minimum atomic E-state index is -0.218. The summed E-state index contributed by atoms with van der Waals surface area (Å²) in [6, 6.07) is 9.49. The number of amides is 1. The number of anilines is 3. The molecule has 2 aliphatic heterocycles. The van der Waals surface area contributed by atoms with Crippen molar-refractivity contribution in [2.45, 2.75) is 37.8 Å². The highest BCUT2D eigenvalue weighted by Crippen LogP contribution is 2.40. The van der Waals surface area contributed by atoms with Crippen LogP contribution in [-0.2, 0) is 12.0 Å². The Bertz CT molecular complexity index is 1260. The van der Waals surface area contributed by atoms with Crippen LogP contribution in [0.3, 0.4) is 0 Å². The smallest absolute Gasteiger partial charge is 0.263 e. The number of hydrogen-bond donors (Lipinski definition) is 2. The number of carbonyl (C=O) groups excluding carboxylic acids is 1. The van der Waals surface area contributed by atoms with Crippen molar-refractivity contribution in [3.8, 4) is 0 Å². The fourth-order valence-corrected chi connectivity index (χ4v) is 6.22. The number of nitrogens with zero attached hydrogens (tertiary/aromatic N) is 3. The Labute approximate surface area is 207 Å². The van der Waals surface area contributed by atoms with Gasteiger partial charge in [-0.15, -0.1) is 0 Å². The molecule has 170 valence electrons. The molecule has 9 heteroatoms. The van der Waals surface area contributed by atoms with Crippen LogP contribution in [0.1, 0.15) is 40.9 Å². The van der Waals surface area contributed by atoms with Crippen molar-refractivity contribution in [1.82, 2.24) is 15.3 Å². The summed E-state index contributed by atoms with van der Waals surface area (Å²) in [7, 11) is 0. The van der Waals surface area contributed by atoms with Gasteiger partial charge in [-0.3, -0.25) is 9.69 Å². The molecule has 2 aromatic carbocycles. The number of hydrogen-bond acceptors (Lipinski definition) is 6. The van der Waals surface area contributed by atoms with Crippen LogP contribution in [0.25, 0.3) is 0 Å². The van der Waals surface area contributed by atoms with Crippen molar-refractivity contribution in [1.29, 1.82) is 0 Å². The second-order valence-corrected chi connectivity index (χ2v) is 10.5. The molecule has 3 aromatic rings. The lowest BCUT2D eigenvalue weighted by Gasteiger charge is -2.35. The number of halogens is 2. The van der Waals surface area contributed by atoms with Gasteiger partial charge in [0.1, 0.15) is 5.03 Å². The summed E-state index contributed by atoms with van der Waals surface area (Å²) in [5.41, 5.74) is 5.74. The molecular weight excluding hydrogens is 477 g/mol. The number of para-hydroxylation sites is 1. The molecule has 0 saturated heterocycles. The highest BCUT2D eigenvalue weighted by Gasteiger charge is 2.31. The van der Waals surface area contributed by atoms with E-state index in [0.717, 1.165) is 18.7 Å². The van der Waals surface area contributed by atoms with Crippen molar-refractivity contribution in [3.63, 3.8) is 0 Å². The molecule has 0 bridgehead atoms. The summed E-state index contributed by atoms with van der Waals surface area (Å²) in [5.74, 6) is 0.613. The number of rotatable bonds is 3. The summed E-state index contributed by atoms with van der Waals surface area (Å²) in [6.45, 7) is 7.51. The van der Waals surface area contributed by atoms with E-state index >= 15 is 0 Å². The van der Waals surface area contributed by atoms with Crippen LogP contribution in [0.2, 0.25) is 10.0 Å². The summed E-state index contributed by atoms with van der Waals surface area (Å²) in [5, 5.41) is 8.41. The lowest BCUT2D eigenvalue weighted by atomic mass is 9.82. The van der Waals surface area contributed by atoms with Crippen LogP contribution in [0, 0.1) is 6.92 Å². The monoisotopic (exact) mass is 499 g/mol. The Morgan fingerprint density at radius 2 is 1.97 bits per heavy atom. The van der Waals surface area contributed by atoms with Crippen molar-refractivity contribution < 1.29 is 4.79 Å². The van der Waals surface area contributed by atoms with Crippen molar-refractivity contribution in [2.24, 2.45) is 0 Å². The highest BCUT2D eigenvalue weighted by molar-refractivity contribution is 7.99. The number of carbonyl (C=O) groups is 1. The average molecular weight is 500 g/mol. The lowest BCUT2D eigenvalue weighted by molar-refractivity contribution is 0.0985. The quantitative estimate of drug-likeness (QED) is 0.435. The number of benzene rings is 2. The third-order valence-corrected chi connectivity index (χ3v) is 7.61. The second kappa shape index (κ2) is 8.47. The van der Waals surface area contributed by atoms with Crippen molar-refractivity contribution in [3.05, 3.63) is 68.8 Å². The average Bonchev–Trinajstić information content (AvgIpc) is 2.74. The van der Waals surface area contributed by atoms with E-state index in [1.165, 1.54) is 28.5 Å². The first kappa shape index (κ1) is 22.5. The van der Waals surface area contributed by atoms with Crippen LogP contribution >= 0.6 is 35.0 Å². The van der Waals surface area contributed by atoms with Gasteiger partial charge in [-0.05, 0) is 74.7 Å². The Kier molecular flexibility index (Phi) is 5.77. The molecule has 0 fully saturated rings. The first-order chi connectivity index (χ1) is 15.7. The summed E-state index contributed by atoms with van der Waals surface area (Å²) < 4.78 is 0. The number of fused-ring (bicyclic) bond motifs is 2. The Morgan fingerprint density at radius 1 is 1.21 bits per heavy atom. The maximum atomic E-state index is 13.1. The van der Waals surface area contributed by atoms with E-state index in [1.807, 2.05) is 0 Å². The van der Waals surface area contributed by atoms with Gasteiger partial charge in [-0.1, -0.05) is 41.0 Å². The van der Waals surface area contributed by atoms with E-state index in [2.05, 4.69) is 53.5 Å². The molecule has 2 N–H and O–H groups in total. The van der Waals surface area contributed by atoms with E-state index in [1.54, 1.807) is 29.3 Å². The van der Waals surface area contributed by atoms with Crippen molar-refractivity contribution in [2.75, 3.05) is 22.6 Å². The van der Waals surface area contributed by atoms with Gasteiger partial charge >= 0.3 is 0 Å². The van der Waals surface area contributed by atoms with Gasteiger partial charge in [-0.2, -0.15) is 0 Å². The van der Waals surface area contributed by atoms with Crippen LogP contribution < -0.4 is 15.5 Å². The Morgan fingerprint density at radius 3 is 2.73 bits per heavy atom. The fraction of sp³-hybridized carbons (Fsp3) is 0.292. The molecule has 1 amide bonds. The van der Waals surface area contributed by atoms with E-state index in [9.17, 15) is 4.79 Å². The molecule has 0 atom stereocenters. The highest BCUT2D eigenvalue weighted by atomic mass is 35.5. The lowest BCUT2D eigenvalue weighted by Crippen LogP contribution is -2.43. The van der Waals surface area contributed by atoms with Crippen molar-refractivity contribution >= 4 is 58.2 Å². The number of nitrogens with one attached hydrogen (secondary N) is 2. The maximum Gasteiger partial charge on any atom is 0.263 e. The normalized spacial score (nSPS) is 16.9. The van der Waals surface area contributed by atoms with Gasteiger partial charge in [0, 0.05) is 17.4 Å². The second-order valence-electron chi connectivity index (χ2n) is 8.74. The van der Waals surface area contributed by atoms with Crippen LogP contribution in [0.4, 0.5) is 17.3 Å². The molecule has 0 unspecified atom stereocenters. The molecule has 2 aliphatic rings. The zero-order valence-electron chi connectivity index (χ0n) is 18.5. The SMILES string of the molecule is Cc1cc(Nc2ncc3c(n2)SCN(c2c(Cl)cccc2Cl)C3=O)cc2c1C(C)(C)NCC2. The molecule has 0 aliphatic carbocycles. The van der Waals surface area contributed by atoms with Crippen LogP contribution in [0.5, 0.6) is 0 Å². The Hall–Kier alpha value is -2.32. The third kappa shape index (κ3) is 4.08. The molecule has 5 rings (SSSR count). The van der Waals surface area contributed by atoms with Gasteiger partial charge in [0.05, 0.1) is 27.2 Å². The summed E-state index contributed by atoms with van der Waals surface area (Å²) >= 11 is 14.1. The largest absolute Gasteiger partial charge is 0.324 e. The Balaban J connectivity index is 1.42. The van der Waals surface area contributed by atoms with E-state index in [4.69, 9.17) is 23.2 Å². The standard InChI is InChI=1S/C24H23Cl2N5OS/c1-13-9-15(10-14-7-8-28-24(2,3)19(13)14)29-23-27-11-16-21(30-23)33-12-31(22(16)32)20-17(25)5-4-6-18(20)26/h4-6,9-11,28H,7-8,12H2,1-3H3,(H,27,29,30). The van der Waals surface area contributed by atoms with Gasteiger partial charge in [0.2, 0.25) is 5.95 Å². The van der Waals surface area contributed by atoms with E-state index < -0.39 is 0 Å². The zero-order valence-corrected chi connectivity index (χ0v) is 20.8. The molecule has 33 heavy (non-hydrogen) atoms. The summed E-state index contributed by atoms with van der Waals surface area (Å²) in [6.07, 6.45) is 2.54. The van der Waals surface area contributed by atoms with E-state index in [-0.39, 0.29) is 11.4 Å². The minimum Gasteiger partial charge on any atom is -0.324 e. The summed E-state index contributed by atoms with van der Waals surface area (Å²) in [4.78, 5) is 23.7. The molecule has 1 aromatic heterocycles. The molecule has 6 nitrogen and oxygen atoms in total. The molecule has 0 spiro atoms. The molecule has 0 radical (unpaired) electrons.